The summed E-state index contributed by atoms with van der Waals surface area (Å²) in [4.78, 5) is 2.12. The van der Waals surface area contributed by atoms with Crippen molar-refractivity contribution in [2.45, 2.75) is 11.4 Å². The molecule has 0 saturated carbocycles. The predicted molar refractivity (Wildman–Crippen MR) is 112 cm³/mol. The van der Waals surface area contributed by atoms with Crippen molar-refractivity contribution >= 4 is 27.1 Å². The molecule has 0 amide bonds. The highest BCUT2D eigenvalue weighted by atomic mass is 32.2. The van der Waals surface area contributed by atoms with Crippen molar-refractivity contribution in [2.75, 3.05) is 0 Å². The molecule has 1 aromatic heterocycles. The van der Waals surface area contributed by atoms with Crippen molar-refractivity contribution in [2.24, 2.45) is 5.10 Å². The topological polar surface area (TPSA) is 63.5 Å². The number of fused-ring (bicyclic) bond motifs is 1. The molecule has 7 heteroatoms. The summed E-state index contributed by atoms with van der Waals surface area (Å²) in [6.07, 6.45) is 3.41. The van der Waals surface area contributed by atoms with Gasteiger partial charge < -0.3 is 4.57 Å². The first-order chi connectivity index (χ1) is 14.0. The van der Waals surface area contributed by atoms with Gasteiger partial charge in [0.15, 0.2) is 0 Å². The summed E-state index contributed by atoms with van der Waals surface area (Å²) in [5, 5.41) is 4.88. The van der Waals surface area contributed by atoms with Crippen LogP contribution in [0.3, 0.4) is 0 Å². The third kappa shape index (κ3) is 4.20. The Morgan fingerprint density at radius 2 is 1.62 bits per heavy atom. The Hall–Kier alpha value is -3.45. The number of rotatable bonds is 6. The zero-order valence-electron chi connectivity index (χ0n) is 15.4. The molecule has 0 aliphatic heterocycles. The van der Waals surface area contributed by atoms with Crippen LogP contribution in [-0.2, 0) is 16.6 Å². The maximum Gasteiger partial charge on any atom is 0.276 e. The SMILES string of the molecule is O=S(=O)(N/N=C/c1cn(Cc2ccccc2)c2ccccc12)c1ccc(F)cc1. The summed E-state index contributed by atoms with van der Waals surface area (Å²) in [5.41, 5.74) is 2.98. The molecule has 1 N–H and O–H groups in total. The number of hydrogen-bond donors (Lipinski definition) is 1. The Morgan fingerprint density at radius 3 is 2.38 bits per heavy atom. The lowest BCUT2D eigenvalue weighted by molar-refractivity contribution is 0.583. The van der Waals surface area contributed by atoms with E-state index in [1.807, 2.05) is 48.7 Å². The number of hydrazone groups is 1. The summed E-state index contributed by atoms with van der Waals surface area (Å²) in [7, 11) is -3.86. The highest BCUT2D eigenvalue weighted by Gasteiger charge is 2.13. The second-order valence-electron chi connectivity index (χ2n) is 6.52. The summed E-state index contributed by atoms with van der Waals surface area (Å²) < 4.78 is 39.7. The lowest BCUT2D eigenvalue weighted by Gasteiger charge is -2.05. The van der Waals surface area contributed by atoms with E-state index in [4.69, 9.17) is 0 Å². The second kappa shape index (κ2) is 7.89. The minimum Gasteiger partial charge on any atom is -0.342 e. The van der Waals surface area contributed by atoms with Gasteiger partial charge in [-0.25, -0.2) is 9.22 Å². The van der Waals surface area contributed by atoms with Gasteiger partial charge in [0.1, 0.15) is 5.82 Å². The number of halogens is 1. The van der Waals surface area contributed by atoms with Gasteiger partial charge in [0, 0.05) is 29.2 Å². The van der Waals surface area contributed by atoms with Crippen LogP contribution in [0.25, 0.3) is 10.9 Å². The minimum absolute atomic E-state index is 0.0532. The van der Waals surface area contributed by atoms with Crippen LogP contribution >= 0.6 is 0 Å². The van der Waals surface area contributed by atoms with E-state index in [1.54, 1.807) is 0 Å². The molecule has 146 valence electrons. The molecular weight excluding hydrogens is 389 g/mol. The fourth-order valence-electron chi connectivity index (χ4n) is 3.12. The van der Waals surface area contributed by atoms with Crippen molar-refractivity contribution in [3.05, 3.63) is 102 Å². The highest BCUT2D eigenvalue weighted by molar-refractivity contribution is 7.89. The number of hydrogen-bond acceptors (Lipinski definition) is 3. The molecule has 4 aromatic rings. The van der Waals surface area contributed by atoms with Crippen LogP contribution in [0.5, 0.6) is 0 Å². The molecule has 0 atom stereocenters. The Kier molecular flexibility index (Phi) is 5.14. The molecule has 3 aromatic carbocycles. The molecule has 0 unspecified atom stereocenters. The molecule has 0 radical (unpaired) electrons. The third-order valence-corrected chi connectivity index (χ3v) is 5.75. The van der Waals surface area contributed by atoms with Gasteiger partial charge in [0.2, 0.25) is 0 Å². The van der Waals surface area contributed by atoms with Crippen LogP contribution in [0, 0.1) is 5.82 Å². The van der Waals surface area contributed by atoms with Crippen molar-refractivity contribution in [1.29, 1.82) is 0 Å². The summed E-state index contributed by atoms with van der Waals surface area (Å²) in [6, 6.07) is 22.5. The number of aromatic nitrogens is 1. The van der Waals surface area contributed by atoms with Gasteiger partial charge in [0.25, 0.3) is 10.0 Å². The number of para-hydroxylation sites is 1. The van der Waals surface area contributed by atoms with E-state index in [1.165, 1.54) is 18.3 Å². The van der Waals surface area contributed by atoms with Crippen molar-refractivity contribution in [3.8, 4) is 0 Å². The Bertz CT molecular complexity index is 1260. The van der Waals surface area contributed by atoms with Crippen LogP contribution < -0.4 is 4.83 Å². The monoisotopic (exact) mass is 407 g/mol. The van der Waals surface area contributed by atoms with Crippen LogP contribution in [-0.4, -0.2) is 19.2 Å². The average Bonchev–Trinajstić information content (AvgIpc) is 3.07. The van der Waals surface area contributed by atoms with Crippen LogP contribution in [0.15, 0.2) is 95.1 Å². The maximum absolute atomic E-state index is 13.0. The molecule has 0 saturated heterocycles. The first-order valence-corrected chi connectivity index (χ1v) is 10.4. The lowest BCUT2D eigenvalue weighted by Crippen LogP contribution is -2.18. The van der Waals surface area contributed by atoms with Crippen molar-refractivity contribution < 1.29 is 12.8 Å². The van der Waals surface area contributed by atoms with Gasteiger partial charge in [0.05, 0.1) is 11.1 Å². The fraction of sp³-hybridized carbons (Fsp3) is 0.0455. The summed E-state index contributed by atoms with van der Waals surface area (Å²) in [5.74, 6) is -0.501. The van der Waals surface area contributed by atoms with Crippen molar-refractivity contribution in [1.82, 2.24) is 9.40 Å². The molecular formula is C22H18FN3O2S. The quantitative estimate of drug-likeness (QED) is 0.386. The highest BCUT2D eigenvalue weighted by Crippen LogP contribution is 2.21. The number of benzene rings is 3. The Balaban J connectivity index is 1.60. The normalized spacial score (nSPS) is 11.9. The van der Waals surface area contributed by atoms with Crippen molar-refractivity contribution in [3.63, 3.8) is 0 Å². The molecule has 0 aliphatic rings. The smallest absolute Gasteiger partial charge is 0.276 e. The third-order valence-electron chi connectivity index (χ3n) is 4.52. The number of sulfonamides is 1. The van der Waals surface area contributed by atoms with Gasteiger partial charge in [-0.3, -0.25) is 0 Å². The van der Waals surface area contributed by atoms with E-state index >= 15 is 0 Å². The molecule has 0 fully saturated rings. The standard InChI is InChI=1S/C22H18FN3O2S/c23-19-10-12-20(13-11-19)29(27,28)25-24-14-18-16-26(15-17-6-2-1-3-7-17)22-9-5-4-8-21(18)22/h1-14,16,25H,15H2/b24-14+. The van der Waals surface area contributed by atoms with E-state index in [0.717, 1.165) is 34.2 Å². The van der Waals surface area contributed by atoms with Crippen LogP contribution in [0.4, 0.5) is 4.39 Å². The first kappa shape index (κ1) is 18.9. The number of nitrogens with one attached hydrogen (secondary N) is 1. The molecule has 0 aliphatic carbocycles. The first-order valence-electron chi connectivity index (χ1n) is 8.95. The van der Waals surface area contributed by atoms with Gasteiger partial charge in [-0.15, -0.1) is 0 Å². The van der Waals surface area contributed by atoms with E-state index < -0.39 is 15.8 Å². The molecule has 0 bridgehead atoms. The predicted octanol–water partition coefficient (Wildman–Crippen LogP) is 4.14. The fourth-order valence-corrected chi connectivity index (χ4v) is 3.91. The molecule has 29 heavy (non-hydrogen) atoms. The van der Waals surface area contributed by atoms with Crippen LogP contribution in [0.1, 0.15) is 11.1 Å². The minimum atomic E-state index is -3.86. The van der Waals surface area contributed by atoms with Gasteiger partial charge >= 0.3 is 0 Å². The zero-order valence-corrected chi connectivity index (χ0v) is 16.2. The van der Waals surface area contributed by atoms with E-state index in [-0.39, 0.29) is 4.90 Å². The Morgan fingerprint density at radius 1 is 0.931 bits per heavy atom. The lowest BCUT2D eigenvalue weighted by atomic mass is 10.2. The van der Waals surface area contributed by atoms with E-state index in [0.29, 0.717) is 6.54 Å². The van der Waals surface area contributed by atoms with Gasteiger partial charge in [-0.2, -0.15) is 13.5 Å². The molecule has 0 spiro atoms. The molecule has 4 rings (SSSR count). The zero-order chi connectivity index (χ0) is 20.3. The largest absolute Gasteiger partial charge is 0.342 e. The summed E-state index contributed by atoms with van der Waals surface area (Å²) in [6.45, 7) is 0.691. The van der Waals surface area contributed by atoms with Crippen LogP contribution in [0.2, 0.25) is 0 Å². The molecule has 1 heterocycles. The maximum atomic E-state index is 13.0. The number of nitrogens with zero attached hydrogens (tertiary/aromatic N) is 2. The average molecular weight is 407 g/mol. The van der Waals surface area contributed by atoms with E-state index in [9.17, 15) is 12.8 Å². The second-order valence-corrected chi connectivity index (χ2v) is 8.18. The van der Waals surface area contributed by atoms with Gasteiger partial charge in [-0.05, 0) is 35.9 Å². The summed E-state index contributed by atoms with van der Waals surface area (Å²) >= 11 is 0. The molecule has 5 nitrogen and oxygen atoms in total. The van der Waals surface area contributed by atoms with Gasteiger partial charge in [-0.1, -0.05) is 48.5 Å². The Labute approximate surface area is 168 Å². The van der Waals surface area contributed by atoms with E-state index in [2.05, 4.69) is 26.6 Å².